The van der Waals surface area contributed by atoms with Crippen molar-refractivity contribution in [1.29, 1.82) is 0 Å². The van der Waals surface area contributed by atoms with Crippen LogP contribution >= 0.6 is 0 Å². The van der Waals surface area contributed by atoms with Crippen molar-refractivity contribution in [2.75, 3.05) is 26.2 Å². The van der Waals surface area contributed by atoms with E-state index in [1.165, 1.54) is 23.2 Å². The van der Waals surface area contributed by atoms with E-state index in [1.54, 1.807) is 0 Å². The van der Waals surface area contributed by atoms with E-state index in [-0.39, 0.29) is 0 Å². The molecule has 3 rings (SSSR count). The molecule has 2 aromatic rings. The van der Waals surface area contributed by atoms with Crippen LogP contribution in [0.25, 0.3) is 0 Å². The highest BCUT2D eigenvalue weighted by Gasteiger charge is 2.23. The Balaban J connectivity index is 1.89. The summed E-state index contributed by atoms with van der Waals surface area (Å²) in [6.45, 7) is 6.67. The lowest BCUT2D eigenvalue weighted by Gasteiger charge is -2.31. The number of rotatable bonds is 4. The molecule has 1 aliphatic heterocycles. The summed E-state index contributed by atoms with van der Waals surface area (Å²) in [5.41, 5.74) is 3.99. The fraction of sp³-hybridized carbons (Fsp3) is 0.421. The fourth-order valence-corrected chi connectivity index (χ4v) is 3.29. The van der Waals surface area contributed by atoms with E-state index >= 15 is 0 Å². The second-order valence-corrected chi connectivity index (χ2v) is 6.04. The predicted molar refractivity (Wildman–Crippen MR) is 90.9 cm³/mol. The van der Waals surface area contributed by atoms with E-state index in [9.17, 15) is 0 Å². The van der Waals surface area contributed by atoms with E-state index in [0.29, 0.717) is 6.04 Å². The number of hydrogen-bond donors (Lipinski definition) is 1. The van der Waals surface area contributed by atoms with Gasteiger partial charge in [0.05, 0.1) is 0 Å². The molecule has 1 N–H and O–H groups in total. The van der Waals surface area contributed by atoms with Crippen molar-refractivity contribution >= 4 is 0 Å². The number of benzene rings is 1. The molecule has 1 saturated heterocycles. The number of nitrogens with one attached hydrogen (secondary N) is 1. The van der Waals surface area contributed by atoms with E-state index in [4.69, 9.17) is 0 Å². The van der Waals surface area contributed by atoms with Crippen LogP contribution in [0.2, 0.25) is 0 Å². The molecule has 3 heteroatoms. The van der Waals surface area contributed by atoms with Crippen molar-refractivity contribution in [3.63, 3.8) is 0 Å². The molecule has 3 nitrogen and oxygen atoms in total. The van der Waals surface area contributed by atoms with Gasteiger partial charge in [0.2, 0.25) is 0 Å². The average Bonchev–Trinajstić information content (AvgIpc) is 2.84. The first-order valence-electron chi connectivity index (χ1n) is 8.25. The van der Waals surface area contributed by atoms with Gasteiger partial charge in [0, 0.05) is 44.0 Å². The maximum atomic E-state index is 4.55. The zero-order chi connectivity index (χ0) is 15.2. The van der Waals surface area contributed by atoms with Gasteiger partial charge in [-0.25, -0.2) is 0 Å². The predicted octanol–water partition coefficient (Wildman–Crippen LogP) is 2.97. The van der Waals surface area contributed by atoms with Crippen LogP contribution in [0.5, 0.6) is 0 Å². The summed E-state index contributed by atoms with van der Waals surface area (Å²) in [4.78, 5) is 7.17. The first kappa shape index (κ1) is 15.2. The molecule has 0 spiro atoms. The van der Waals surface area contributed by atoms with Gasteiger partial charge in [0.15, 0.2) is 0 Å². The zero-order valence-corrected chi connectivity index (χ0v) is 13.3. The maximum Gasteiger partial charge on any atom is 0.0422 e. The molecule has 1 aromatic heterocycles. The number of aromatic nitrogens is 1. The minimum atomic E-state index is 0.413. The van der Waals surface area contributed by atoms with Crippen LogP contribution < -0.4 is 5.32 Å². The van der Waals surface area contributed by atoms with Gasteiger partial charge in [-0.15, -0.1) is 0 Å². The second-order valence-electron chi connectivity index (χ2n) is 6.04. The Morgan fingerprint density at radius 2 is 1.95 bits per heavy atom. The monoisotopic (exact) mass is 295 g/mol. The van der Waals surface area contributed by atoms with Crippen molar-refractivity contribution in [2.45, 2.75) is 25.8 Å². The highest BCUT2D eigenvalue weighted by molar-refractivity contribution is 5.30. The molecule has 1 atom stereocenters. The average molecular weight is 295 g/mol. The lowest BCUT2D eigenvalue weighted by Crippen LogP contribution is -2.34. The van der Waals surface area contributed by atoms with Gasteiger partial charge in [0.1, 0.15) is 0 Å². The van der Waals surface area contributed by atoms with E-state index < -0.39 is 0 Å². The summed E-state index contributed by atoms with van der Waals surface area (Å²) < 4.78 is 0. The number of pyridine rings is 1. The molecule has 0 saturated carbocycles. The zero-order valence-electron chi connectivity index (χ0n) is 13.3. The quantitative estimate of drug-likeness (QED) is 0.940. The lowest BCUT2D eigenvalue weighted by atomic mass is 9.95. The first-order valence-corrected chi connectivity index (χ1v) is 8.25. The molecule has 1 fully saturated rings. The van der Waals surface area contributed by atoms with Crippen molar-refractivity contribution < 1.29 is 0 Å². The minimum absolute atomic E-state index is 0.413. The maximum absolute atomic E-state index is 4.55. The molecule has 0 aliphatic carbocycles. The second kappa shape index (κ2) is 7.52. The summed E-state index contributed by atoms with van der Waals surface area (Å²) in [7, 11) is 0. The Labute approximate surface area is 133 Å². The third kappa shape index (κ3) is 3.73. The molecule has 2 heterocycles. The van der Waals surface area contributed by atoms with E-state index in [2.05, 4.69) is 58.5 Å². The summed E-state index contributed by atoms with van der Waals surface area (Å²) >= 11 is 0. The fourth-order valence-electron chi connectivity index (χ4n) is 3.29. The van der Waals surface area contributed by atoms with Crippen LogP contribution in [0.1, 0.15) is 29.3 Å². The van der Waals surface area contributed by atoms with Crippen LogP contribution in [-0.2, 0) is 6.42 Å². The van der Waals surface area contributed by atoms with Gasteiger partial charge in [0.25, 0.3) is 0 Å². The van der Waals surface area contributed by atoms with E-state index in [1.807, 2.05) is 12.3 Å². The Hall–Kier alpha value is -1.71. The molecule has 22 heavy (non-hydrogen) atoms. The molecule has 116 valence electrons. The standard InChI is InChI=1S/C19H25N3/c1-16-7-2-3-9-18(16)19(15-17-8-4-5-11-21-17)22-13-6-10-20-12-14-22/h2-5,7-9,11,19-20H,6,10,12-15H2,1H3. The van der Waals surface area contributed by atoms with Gasteiger partial charge < -0.3 is 5.32 Å². The highest BCUT2D eigenvalue weighted by atomic mass is 15.2. The van der Waals surface area contributed by atoms with Crippen molar-refractivity contribution in [1.82, 2.24) is 15.2 Å². The topological polar surface area (TPSA) is 28.2 Å². The Bertz CT molecular complexity index is 574. The first-order chi connectivity index (χ1) is 10.8. The van der Waals surface area contributed by atoms with Crippen LogP contribution in [0.15, 0.2) is 48.7 Å². The Morgan fingerprint density at radius 1 is 1.09 bits per heavy atom. The van der Waals surface area contributed by atoms with Crippen LogP contribution in [-0.4, -0.2) is 36.1 Å². The third-order valence-corrected chi connectivity index (χ3v) is 4.49. The third-order valence-electron chi connectivity index (χ3n) is 4.49. The normalized spacial score (nSPS) is 17.9. The Kier molecular flexibility index (Phi) is 5.20. The minimum Gasteiger partial charge on any atom is -0.315 e. The van der Waals surface area contributed by atoms with E-state index in [0.717, 1.165) is 32.6 Å². The Morgan fingerprint density at radius 3 is 2.77 bits per heavy atom. The molecule has 0 bridgehead atoms. The molecule has 1 unspecified atom stereocenters. The van der Waals surface area contributed by atoms with Gasteiger partial charge >= 0.3 is 0 Å². The SMILES string of the molecule is Cc1ccccc1C(Cc1ccccn1)N1CCCNCC1. The number of aryl methyl sites for hydroxylation is 1. The summed E-state index contributed by atoms with van der Waals surface area (Å²) in [5.74, 6) is 0. The molecular weight excluding hydrogens is 270 g/mol. The van der Waals surface area contributed by atoms with Gasteiger partial charge in [-0.05, 0) is 43.1 Å². The molecule has 0 amide bonds. The number of hydrogen-bond acceptors (Lipinski definition) is 3. The highest BCUT2D eigenvalue weighted by Crippen LogP contribution is 2.27. The summed E-state index contributed by atoms with van der Waals surface area (Å²) in [6.07, 6.45) is 4.09. The van der Waals surface area contributed by atoms with Crippen molar-refractivity contribution in [3.05, 3.63) is 65.5 Å². The van der Waals surface area contributed by atoms with Crippen LogP contribution in [0.3, 0.4) is 0 Å². The van der Waals surface area contributed by atoms with Crippen molar-refractivity contribution in [3.8, 4) is 0 Å². The van der Waals surface area contributed by atoms with Crippen LogP contribution in [0, 0.1) is 6.92 Å². The number of nitrogens with zero attached hydrogens (tertiary/aromatic N) is 2. The van der Waals surface area contributed by atoms with Crippen molar-refractivity contribution in [2.24, 2.45) is 0 Å². The summed E-state index contributed by atoms with van der Waals surface area (Å²) in [5, 5.41) is 3.50. The molecular formula is C19H25N3. The molecule has 1 aliphatic rings. The van der Waals surface area contributed by atoms with Gasteiger partial charge in [-0.2, -0.15) is 0 Å². The molecule has 1 aromatic carbocycles. The smallest absolute Gasteiger partial charge is 0.0422 e. The van der Waals surface area contributed by atoms with Gasteiger partial charge in [-0.3, -0.25) is 9.88 Å². The van der Waals surface area contributed by atoms with Crippen LogP contribution in [0.4, 0.5) is 0 Å². The lowest BCUT2D eigenvalue weighted by molar-refractivity contribution is 0.207. The summed E-state index contributed by atoms with van der Waals surface area (Å²) in [6, 6.07) is 15.4. The largest absolute Gasteiger partial charge is 0.315 e. The van der Waals surface area contributed by atoms with Gasteiger partial charge in [-0.1, -0.05) is 30.3 Å². The molecule has 0 radical (unpaired) electrons.